The van der Waals surface area contributed by atoms with Crippen LogP contribution in [-0.2, 0) is 9.53 Å². The van der Waals surface area contributed by atoms with Crippen LogP contribution >= 0.6 is 0 Å². The van der Waals surface area contributed by atoms with Gasteiger partial charge >= 0.3 is 0 Å². The van der Waals surface area contributed by atoms with Crippen molar-refractivity contribution in [2.24, 2.45) is 0 Å². The molecule has 5 nitrogen and oxygen atoms in total. The number of nitrogens with zero attached hydrogens (tertiary/aromatic N) is 1. The highest BCUT2D eigenvalue weighted by atomic mass is 19.1. The first-order valence-corrected chi connectivity index (χ1v) is 7.71. The summed E-state index contributed by atoms with van der Waals surface area (Å²) in [6, 6.07) is 4.40. The Morgan fingerprint density at radius 2 is 2.36 bits per heavy atom. The summed E-state index contributed by atoms with van der Waals surface area (Å²) in [6.07, 6.45) is 2.10. The van der Waals surface area contributed by atoms with E-state index in [1.54, 1.807) is 6.07 Å². The van der Waals surface area contributed by atoms with Crippen LogP contribution in [-0.4, -0.2) is 44.4 Å². The number of hydrogen-bond donors (Lipinski definition) is 1. The number of fused-ring (bicyclic) bond motifs is 1. The predicted octanol–water partition coefficient (Wildman–Crippen LogP) is 1.71. The van der Waals surface area contributed by atoms with Crippen molar-refractivity contribution in [1.29, 1.82) is 0 Å². The molecule has 1 saturated heterocycles. The van der Waals surface area contributed by atoms with Gasteiger partial charge in [0.1, 0.15) is 17.7 Å². The van der Waals surface area contributed by atoms with Crippen molar-refractivity contribution in [2.45, 2.75) is 32.0 Å². The zero-order valence-electron chi connectivity index (χ0n) is 12.7. The standard InChI is InChI=1S/C16H21FN2O3/c1-11-9-19(14-5-4-12(17)7-15(14)22-11)10-16(20)18-8-13-3-2-6-21-13/h4-5,7,11,13H,2-3,6,8-10H2,1H3,(H,18,20)/t11-,13+/m0/s1. The summed E-state index contributed by atoms with van der Waals surface area (Å²) in [6.45, 7) is 4.08. The van der Waals surface area contributed by atoms with Crippen molar-refractivity contribution in [3.05, 3.63) is 24.0 Å². The van der Waals surface area contributed by atoms with Crippen LogP contribution in [0.5, 0.6) is 5.75 Å². The lowest BCUT2D eigenvalue weighted by atomic mass is 10.2. The molecular formula is C16H21FN2O3. The molecule has 1 aromatic carbocycles. The van der Waals surface area contributed by atoms with Crippen molar-refractivity contribution in [3.63, 3.8) is 0 Å². The molecule has 2 aliphatic heterocycles. The third-order valence-electron chi connectivity index (χ3n) is 3.95. The summed E-state index contributed by atoms with van der Waals surface area (Å²) < 4.78 is 24.4. The van der Waals surface area contributed by atoms with Crippen LogP contribution in [0.3, 0.4) is 0 Å². The number of nitrogens with one attached hydrogen (secondary N) is 1. The molecule has 0 aromatic heterocycles. The van der Waals surface area contributed by atoms with Gasteiger partial charge in [0.05, 0.1) is 24.9 Å². The van der Waals surface area contributed by atoms with E-state index in [9.17, 15) is 9.18 Å². The third kappa shape index (κ3) is 3.50. The average Bonchev–Trinajstić information content (AvgIpc) is 2.97. The molecule has 120 valence electrons. The van der Waals surface area contributed by atoms with E-state index in [1.165, 1.54) is 12.1 Å². The maximum absolute atomic E-state index is 13.3. The number of rotatable bonds is 4. The monoisotopic (exact) mass is 308 g/mol. The van der Waals surface area contributed by atoms with Gasteiger partial charge in [0.2, 0.25) is 5.91 Å². The minimum Gasteiger partial charge on any atom is -0.487 e. The second kappa shape index (κ2) is 6.52. The molecule has 2 heterocycles. The number of amides is 1. The molecule has 1 fully saturated rings. The molecule has 2 atom stereocenters. The van der Waals surface area contributed by atoms with Gasteiger partial charge < -0.3 is 19.7 Å². The summed E-state index contributed by atoms with van der Waals surface area (Å²) >= 11 is 0. The number of carbonyl (C=O) groups is 1. The van der Waals surface area contributed by atoms with Crippen molar-refractivity contribution in [2.75, 3.05) is 31.1 Å². The largest absolute Gasteiger partial charge is 0.487 e. The lowest BCUT2D eigenvalue weighted by molar-refractivity contribution is -0.120. The van der Waals surface area contributed by atoms with Crippen LogP contribution in [0, 0.1) is 5.82 Å². The van der Waals surface area contributed by atoms with E-state index >= 15 is 0 Å². The van der Waals surface area contributed by atoms with Crippen molar-refractivity contribution >= 4 is 11.6 Å². The lowest BCUT2D eigenvalue weighted by Gasteiger charge is -2.34. The molecule has 0 unspecified atom stereocenters. The SMILES string of the molecule is C[C@H]1CN(CC(=O)NC[C@H]2CCCO2)c2ccc(F)cc2O1. The van der Waals surface area contributed by atoms with Crippen LogP contribution in [0.1, 0.15) is 19.8 Å². The Bertz CT molecular complexity index is 546. The van der Waals surface area contributed by atoms with E-state index in [4.69, 9.17) is 9.47 Å². The molecular weight excluding hydrogens is 287 g/mol. The minimum absolute atomic E-state index is 0.0557. The Kier molecular flexibility index (Phi) is 4.47. The minimum atomic E-state index is -0.337. The molecule has 0 saturated carbocycles. The Balaban J connectivity index is 1.61. The van der Waals surface area contributed by atoms with Crippen LogP contribution in [0.4, 0.5) is 10.1 Å². The van der Waals surface area contributed by atoms with E-state index in [-0.39, 0.29) is 30.5 Å². The fraction of sp³-hybridized carbons (Fsp3) is 0.562. The van der Waals surface area contributed by atoms with Crippen molar-refractivity contribution < 1.29 is 18.7 Å². The number of hydrogen-bond acceptors (Lipinski definition) is 4. The smallest absolute Gasteiger partial charge is 0.239 e. The third-order valence-corrected chi connectivity index (χ3v) is 3.95. The molecule has 0 radical (unpaired) electrons. The van der Waals surface area contributed by atoms with Gasteiger partial charge in [0.15, 0.2) is 0 Å². The van der Waals surface area contributed by atoms with Crippen LogP contribution in [0.25, 0.3) is 0 Å². The summed E-state index contributed by atoms with van der Waals surface area (Å²) in [7, 11) is 0. The number of anilines is 1. The molecule has 0 bridgehead atoms. The van der Waals surface area contributed by atoms with E-state index in [0.29, 0.717) is 18.8 Å². The molecule has 1 N–H and O–H groups in total. The Morgan fingerprint density at radius 3 is 3.14 bits per heavy atom. The Labute approximate surface area is 129 Å². The highest BCUT2D eigenvalue weighted by Crippen LogP contribution is 2.33. The highest BCUT2D eigenvalue weighted by molar-refractivity contribution is 5.82. The molecule has 0 spiro atoms. The first-order chi connectivity index (χ1) is 10.6. The zero-order valence-corrected chi connectivity index (χ0v) is 12.7. The predicted molar refractivity (Wildman–Crippen MR) is 80.7 cm³/mol. The van der Waals surface area contributed by atoms with Gasteiger partial charge in [-0.2, -0.15) is 0 Å². The normalized spacial score (nSPS) is 23.8. The molecule has 3 rings (SSSR count). The van der Waals surface area contributed by atoms with Gasteiger partial charge in [-0.25, -0.2) is 4.39 Å². The molecule has 22 heavy (non-hydrogen) atoms. The first kappa shape index (κ1) is 15.1. The molecule has 6 heteroatoms. The van der Waals surface area contributed by atoms with Gasteiger partial charge in [0, 0.05) is 19.2 Å². The summed E-state index contributed by atoms with van der Waals surface area (Å²) in [4.78, 5) is 14.1. The van der Waals surface area contributed by atoms with Crippen molar-refractivity contribution in [1.82, 2.24) is 5.32 Å². The van der Waals surface area contributed by atoms with Crippen LogP contribution < -0.4 is 15.0 Å². The summed E-state index contributed by atoms with van der Waals surface area (Å²) in [5.41, 5.74) is 0.756. The van der Waals surface area contributed by atoms with Crippen LogP contribution in [0.2, 0.25) is 0 Å². The van der Waals surface area contributed by atoms with E-state index in [0.717, 1.165) is 25.1 Å². The van der Waals surface area contributed by atoms with Crippen LogP contribution in [0.15, 0.2) is 18.2 Å². The maximum atomic E-state index is 13.3. The van der Waals surface area contributed by atoms with E-state index in [1.807, 2.05) is 11.8 Å². The Hall–Kier alpha value is -1.82. The molecule has 0 aliphatic carbocycles. The second-order valence-corrected chi connectivity index (χ2v) is 5.86. The molecule has 1 amide bonds. The van der Waals surface area contributed by atoms with Gasteiger partial charge in [-0.1, -0.05) is 0 Å². The van der Waals surface area contributed by atoms with E-state index < -0.39 is 0 Å². The fourth-order valence-corrected chi connectivity index (χ4v) is 2.92. The van der Waals surface area contributed by atoms with Gasteiger partial charge in [0.25, 0.3) is 0 Å². The zero-order chi connectivity index (χ0) is 15.5. The maximum Gasteiger partial charge on any atom is 0.239 e. The van der Waals surface area contributed by atoms with E-state index in [2.05, 4.69) is 5.32 Å². The number of ether oxygens (including phenoxy) is 2. The first-order valence-electron chi connectivity index (χ1n) is 7.71. The van der Waals surface area contributed by atoms with Gasteiger partial charge in [-0.15, -0.1) is 0 Å². The number of carbonyl (C=O) groups excluding carboxylic acids is 1. The summed E-state index contributed by atoms with van der Waals surface area (Å²) in [5.74, 6) is 0.0983. The lowest BCUT2D eigenvalue weighted by Crippen LogP contribution is -2.45. The highest BCUT2D eigenvalue weighted by Gasteiger charge is 2.25. The summed E-state index contributed by atoms with van der Waals surface area (Å²) in [5, 5.41) is 2.91. The Morgan fingerprint density at radius 1 is 1.50 bits per heavy atom. The second-order valence-electron chi connectivity index (χ2n) is 5.86. The molecule has 1 aromatic rings. The number of benzene rings is 1. The van der Waals surface area contributed by atoms with Gasteiger partial charge in [-0.3, -0.25) is 4.79 Å². The molecule has 2 aliphatic rings. The van der Waals surface area contributed by atoms with Crippen molar-refractivity contribution in [3.8, 4) is 5.75 Å². The quantitative estimate of drug-likeness (QED) is 0.920. The topological polar surface area (TPSA) is 50.8 Å². The van der Waals surface area contributed by atoms with Gasteiger partial charge in [-0.05, 0) is 31.9 Å². The number of halogens is 1. The average molecular weight is 308 g/mol. The fourth-order valence-electron chi connectivity index (χ4n) is 2.92.